The van der Waals surface area contributed by atoms with E-state index in [0.29, 0.717) is 26.2 Å². The van der Waals surface area contributed by atoms with Crippen LogP contribution in [0.5, 0.6) is 0 Å². The standard InChI is InChI=1S/C14H21NO5/c1-14(2,3)20-13(17)10-5-4-6-15(10)12(16)11-9-18-7-8-19-11/h9-10H,4-8H2,1-3H3/t10-/m0/s1. The predicted octanol–water partition coefficient (Wildman–Crippen LogP) is 1.21. The lowest BCUT2D eigenvalue weighted by molar-refractivity contribution is -0.163. The van der Waals surface area contributed by atoms with Gasteiger partial charge >= 0.3 is 5.97 Å². The molecule has 2 aliphatic heterocycles. The Labute approximate surface area is 118 Å². The van der Waals surface area contributed by atoms with Crippen LogP contribution in [-0.2, 0) is 23.8 Å². The topological polar surface area (TPSA) is 65.1 Å². The summed E-state index contributed by atoms with van der Waals surface area (Å²) in [6, 6.07) is -0.534. The van der Waals surface area contributed by atoms with Gasteiger partial charge in [0, 0.05) is 6.54 Å². The maximum atomic E-state index is 12.3. The van der Waals surface area contributed by atoms with E-state index in [-0.39, 0.29) is 17.6 Å². The molecule has 1 fully saturated rings. The number of nitrogens with zero attached hydrogens (tertiary/aromatic N) is 1. The van der Waals surface area contributed by atoms with Gasteiger partial charge < -0.3 is 19.1 Å². The van der Waals surface area contributed by atoms with Crippen LogP contribution in [0.15, 0.2) is 12.0 Å². The Bertz CT molecular complexity index is 424. The van der Waals surface area contributed by atoms with Crippen molar-refractivity contribution in [3.8, 4) is 0 Å². The molecule has 2 rings (SSSR count). The Hall–Kier alpha value is -1.72. The summed E-state index contributed by atoms with van der Waals surface area (Å²) < 4.78 is 15.7. The smallest absolute Gasteiger partial charge is 0.329 e. The second-order valence-corrected chi connectivity index (χ2v) is 5.89. The fourth-order valence-corrected chi connectivity index (χ4v) is 2.25. The fourth-order valence-electron chi connectivity index (χ4n) is 2.25. The summed E-state index contributed by atoms with van der Waals surface area (Å²) in [6.45, 7) is 6.75. The van der Waals surface area contributed by atoms with Gasteiger partial charge in [-0.3, -0.25) is 4.79 Å². The zero-order chi connectivity index (χ0) is 14.8. The van der Waals surface area contributed by atoms with E-state index in [2.05, 4.69) is 0 Å². The highest BCUT2D eigenvalue weighted by Crippen LogP contribution is 2.23. The quantitative estimate of drug-likeness (QED) is 0.713. The minimum atomic E-state index is -0.557. The molecule has 6 heteroatoms. The number of rotatable bonds is 2. The van der Waals surface area contributed by atoms with Crippen LogP contribution in [0.1, 0.15) is 33.6 Å². The van der Waals surface area contributed by atoms with E-state index in [1.165, 1.54) is 11.2 Å². The van der Waals surface area contributed by atoms with Gasteiger partial charge in [0.05, 0.1) is 0 Å². The van der Waals surface area contributed by atoms with Gasteiger partial charge in [0.2, 0.25) is 5.76 Å². The highest BCUT2D eigenvalue weighted by molar-refractivity contribution is 5.94. The van der Waals surface area contributed by atoms with Crippen molar-refractivity contribution in [2.24, 2.45) is 0 Å². The molecule has 0 spiro atoms. The lowest BCUT2D eigenvalue weighted by Gasteiger charge is -2.28. The molecule has 2 aliphatic rings. The van der Waals surface area contributed by atoms with Crippen molar-refractivity contribution in [3.63, 3.8) is 0 Å². The van der Waals surface area contributed by atoms with Crippen LogP contribution in [0, 0.1) is 0 Å². The van der Waals surface area contributed by atoms with Gasteiger partial charge in [-0.25, -0.2) is 4.79 Å². The molecule has 0 saturated carbocycles. The van der Waals surface area contributed by atoms with E-state index in [4.69, 9.17) is 14.2 Å². The number of esters is 1. The van der Waals surface area contributed by atoms with Crippen molar-refractivity contribution in [2.45, 2.75) is 45.3 Å². The predicted molar refractivity (Wildman–Crippen MR) is 70.6 cm³/mol. The number of carbonyl (C=O) groups excluding carboxylic acids is 2. The third-order valence-electron chi connectivity index (χ3n) is 3.05. The van der Waals surface area contributed by atoms with Crippen LogP contribution < -0.4 is 0 Å². The normalized spacial score (nSPS) is 22.6. The van der Waals surface area contributed by atoms with Crippen molar-refractivity contribution < 1.29 is 23.8 Å². The summed E-state index contributed by atoms with van der Waals surface area (Å²) in [5, 5.41) is 0. The number of hydrogen-bond donors (Lipinski definition) is 0. The summed E-state index contributed by atoms with van der Waals surface area (Å²) in [5.74, 6) is -0.509. The first-order chi connectivity index (χ1) is 9.38. The summed E-state index contributed by atoms with van der Waals surface area (Å²) in [7, 11) is 0. The molecule has 1 atom stereocenters. The van der Waals surface area contributed by atoms with E-state index in [1.807, 2.05) is 20.8 Å². The molecule has 0 aliphatic carbocycles. The molecule has 1 saturated heterocycles. The van der Waals surface area contributed by atoms with Crippen LogP contribution in [-0.4, -0.2) is 48.2 Å². The first-order valence-corrected chi connectivity index (χ1v) is 6.87. The third kappa shape index (κ3) is 3.43. The van der Waals surface area contributed by atoms with Crippen LogP contribution in [0.25, 0.3) is 0 Å². The number of ether oxygens (including phenoxy) is 3. The first-order valence-electron chi connectivity index (χ1n) is 6.87. The molecule has 0 aromatic carbocycles. The lowest BCUT2D eigenvalue weighted by Crippen LogP contribution is -2.44. The molecular weight excluding hydrogens is 262 g/mol. The van der Waals surface area contributed by atoms with Gasteiger partial charge in [0.1, 0.15) is 31.1 Å². The van der Waals surface area contributed by atoms with Crippen molar-refractivity contribution in [1.29, 1.82) is 0 Å². The first kappa shape index (κ1) is 14.7. The van der Waals surface area contributed by atoms with E-state index in [9.17, 15) is 9.59 Å². The van der Waals surface area contributed by atoms with Crippen LogP contribution in [0.4, 0.5) is 0 Å². The molecular formula is C14H21NO5. The number of carbonyl (C=O) groups is 2. The third-order valence-corrected chi connectivity index (χ3v) is 3.05. The van der Waals surface area contributed by atoms with Crippen molar-refractivity contribution in [3.05, 3.63) is 12.0 Å². The molecule has 0 N–H and O–H groups in total. The van der Waals surface area contributed by atoms with Crippen LogP contribution in [0.2, 0.25) is 0 Å². The summed E-state index contributed by atoms with van der Waals surface area (Å²) in [4.78, 5) is 26.0. The van der Waals surface area contributed by atoms with E-state index >= 15 is 0 Å². The van der Waals surface area contributed by atoms with Crippen molar-refractivity contribution >= 4 is 11.9 Å². The Morgan fingerprint density at radius 2 is 2.10 bits per heavy atom. The maximum Gasteiger partial charge on any atom is 0.329 e. The van der Waals surface area contributed by atoms with Gasteiger partial charge in [-0.1, -0.05) is 0 Å². The van der Waals surface area contributed by atoms with Gasteiger partial charge in [-0.2, -0.15) is 0 Å². The van der Waals surface area contributed by atoms with Crippen LogP contribution >= 0.6 is 0 Å². The maximum absolute atomic E-state index is 12.3. The fraction of sp³-hybridized carbons (Fsp3) is 0.714. The highest BCUT2D eigenvalue weighted by Gasteiger charge is 2.38. The van der Waals surface area contributed by atoms with Crippen molar-refractivity contribution in [1.82, 2.24) is 4.90 Å². The zero-order valence-electron chi connectivity index (χ0n) is 12.2. The van der Waals surface area contributed by atoms with E-state index < -0.39 is 11.6 Å². The Kier molecular flexibility index (Phi) is 4.20. The number of hydrogen-bond acceptors (Lipinski definition) is 5. The molecule has 112 valence electrons. The molecule has 0 aromatic heterocycles. The SMILES string of the molecule is CC(C)(C)OC(=O)[C@@H]1CCCN1C(=O)C1=COCCO1. The average molecular weight is 283 g/mol. The largest absolute Gasteiger partial charge is 0.494 e. The molecule has 0 bridgehead atoms. The minimum Gasteiger partial charge on any atom is -0.494 e. The van der Waals surface area contributed by atoms with Crippen LogP contribution in [0.3, 0.4) is 0 Å². The molecule has 6 nitrogen and oxygen atoms in total. The summed E-state index contributed by atoms with van der Waals surface area (Å²) in [5.41, 5.74) is -0.557. The highest BCUT2D eigenvalue weighted by atomic mass is 16.6. The second kappa shape index (κ2) is 5.73. The summed E-state index contributed by atoms with van der Waals surface area (Å²) >= 11 is 0. The molecule has 1 amide bonds. The monoisotopic (exact) mass is 283 g/mol. The average Bonchev–Trinajstić information content (AvgIpc) is 2.86. The van der Waals surface area contributed by atoms with Gasteiger partial charge in [-0.15, -0.1) is 0 Å². The molecule has 0 unspecified atom stereocenters. The lowest BCUT2D eigenvalue weighted by atomic mass is 10.1. The van der Waals surface area contributed by atoms with Crippen molar-refractivity contribution in [2.75, 3.05) is 19.8 Å². The minimum absolute atomic E-state index is 0.159. The Morgan fingerprint density at radius 1 is 1.35 bits per heavy atom. The Balaban J connectivity index is 2.05. The zero-order valence-corrected chi connectivity index (χ0v) is 12.2. The number of amides is 1. The second-order valence-electron chi connectivity index (χ2n) is 5.89. The molecule has 2 heterocycles. The molecule has 0 radical (unpaired) electrons. The Morgan fingerprint density at radius 3 is 2.70 bits per heavy atom. The van der Waals surface area contributed by atoms with E-state index in [1.54, 1.807) is 0 Å². The van der Waals surface area contributed by atoms with Gasteiger partial charge in [-0.05, 0) is 33.6 Å². The van der Waals surface area contributed by atoms with Gasteiger partial charge in [0.15, 0.2) is 0 Å². The number of likely N-dealkylation sites (tertiary alicyclic amines) is 1. The molecule has 20 heavy (non-hydrogen) atoms. The van der Waals surface area contributed by atoms with E-state index in [0.717, 1.165) is 6.42 Å². The summed E-state index contributed by atoms with van der Waals surface area (Å²) in [6.07, 6.45) is 2.72. The van der Waals surface area contributed by atoms with Gasteiger partial charge in [0.25, 0.3) is 5.91 Å². The molecule has 0 aromatic rings.